The number of hydrogen-bond acceptors (Lipinski definition) is 4. The Hall–Kier alpha value is -3.52. The molecule has 0 aliphatic carbocycles. The predicted octanol–water partition coefficient (Wildman–Crippen LogP) is 3.01. The van der Waals surface area contributed by atoms with Crippen molar-refractivity contribution in [1.82, 2.24) is 4.98 Å². The third kappa shape index (κ3) is 4.52. The largest absolute Gasteiger partial charge is 0.487 e. The molecule has 0 bridgehead atoms. The van der Waals surface area contributed by atoms with Gasteiger partial charge in [0.15, 0.2) is 12.4 Å². The molecule has 0 saturated heterocycles. The Kier molecular flexibility index (Phi) is 5.35. The fraction of sp³-hybridized carbons (Fsp3) is 0.143. The standard InChI is InChI=1S/C21H18N3O2/c1-16-4-2-7-19(23-16)15-26-20-8-10-24(11-9-20)14-21(25)18-6-3-5-17(12-18)13-22/h2-12H,14-15H2,1H3/q+1. The minimum absolute atomic E-state index is 0.0512. The van der Waals surface area contributed by atoms with Crippen molar-refractivity contribution in [2.75, 3.05) is 0 Å². The molecule has 128 valence electrons. The Morgan fingerprint density at radius 2 is 1.92 bits per heavy atom. The zero-order valence-electron chi connectivity index (χ0n) is 14.4. The first-order valence-corrected chi connectivity index (χ1v) is 8.22. The minimum atomic E-state index is -0.0512. The summed E-state index contributed by atoms with van der Waals surface area (Å²) < 4.78 is 7.50. The summed E-state index contributed by atoms with van der Waals surface area (Å²) >= 11 is 0. The number of rotatable bonds is 6. The molecule has 0 saturated carbocycles. The van der Waals surface area contributed by atoms with E-state index < -0.39 is 0 Å². The van der Waals surface area contributed by atoms with Crippen LogP contribution in [0.15, 0.2) is 67.0 Å². The Balaban J connectivity index is 1.60. The first-order valence-electron chi connectivity index (χ1n) is 8.22. The zero-order chi connectivity index (χ0) is 18.4. The molecule has 2 aromatic heterocycles. The highest BCUT2D eigenvalue weighted by molar-refractivity contribution is 5.95. The number of aryl methyl sites for hydroxylation is 1. The highest BCUT2D eigenvalue weighted by atomic mass is 16.5. The smallest absolute Gasteiger partial charge is 0.227 e. The highest BCUT2D eigenvalue weighted by Crippen LogP contribution is 2.10. The van der Waals surface area contributed by atoms with Crippen molar-refractivity contribution in [1.29, 1.82) is 5.26 Å². The molecule has 0 atom stereocenters. The summed E-state index contributed by atoms with van der Waals surface area (Å²) in [6.07, 6.45) is 3.59. The SMILES string of the molecule is Cc1cccc(COc2cc[n+](CC(=O)c3cccc(C#N)c3)cc2)n1. The first kappa shape index (κ1) is 17.3. The van der Waals surface area contributed by atoms with Crippen LogP contribution in [-0.4, -0.2) is 10.8 Å². The molecule has 0 spiro atoms. The molecule has 5 heteroatoms. The minimum Gasteiger partial charge on any atom is -0.487 e. The van der Waals surface area contributed by atoms with Crippen LogP contribution >= 0.6 is 0 Å². The summed E-state index contributed by atoms with van der Waals surface area (Å²) in [4.78, 5) is 16.7. The zero-order valence-corrected chi connectivity index (χ0v) is 14.4. The molecule has 0 N–H and O–H groups in total. The van der Waals surface area contributed by atoms with Crippen molar-refractivity contribution >= 4 is 5.78 Å². The van der Waals surface area contributed by atoms with Crippen LogP contribution in [0.3, 0.4) is 0 Å². The van der Waals surface area contributed by atoms with Crippen LogP contribution in [0.4, 0.5) is 0 Å². The van der Waals surface area contributed by atoms with Gasteiger partial charge in [-0.1, -0.05) is 18.2 Å². The molecule has 3 rings (SSSR count). The van der Waals surface area contributed by atoms with Crippen LogP contribution in [0.1, 0.15) is 27.3 Å². The Morgan fingerprint density at radius 3 is 2.65 bits per heavy atom. The maximum atomic E-state index is 12.3. The highest BCUT2D eigenvalue weighted by Gasteiger charge is 2.13. The summed E-state index contributed by atoms with van der Waals surface area (Å²) in [5.74, 6) is 0.660. The van der Waals surface area contributed by atoms with E-state index in [1.54, 1.807) is 41.2 Å². The van der Waals surface area contributed by atoms with Crippen molar-refractivity contribution in [3.8, 4) is 11.8 Å². The van der Waals surface area contributed by atoms with E-state index in [1.165, 1.54) is 0 Å². The Bertz CT molecular complexity index is 959. The number of carbonyl (C=O) groups is 1. The molecular weight excluding hydrogens is 326 g/mol. The number of hydrogen-bond donors (Lipinski definition) is 0. The summed E-state index contributed by atoms with van der Waals surface area (Å²) in [6, 6.07) is 18.2. The average molecular weight is 344 g/mol. The number of aromatic nitrogens is 2. The monoisotopic (exact) mass is 344 g/mol. The van der Waals surface area contributed by atoms with E-state index >= 15 is 0 Å². The molecule has 2 heterocycles. The van der Waals surface area contributed by atoms with E-state index in [1.807, 2.05) is 43.3 Å². The number of ketones is 1. The van der Waals surface area contributed by atoms with Gasteiger partial charge in [0.25, 0.3) is 0 Å². The van der Waals surface area contributed by atoms with E-state index in [0.29, 0.717) is 23.5 Å². The molecule has 5 nitrogen and oxygen atoms in total. The summed E-state index contributed by atoms with van der Waals surface area (Å²) in [6.45, 7) is 2.54. The van der Waals surface area contributed by atoms with Gasteiger partial charge in [-0.05, 0) is 31.2 Å². The number of benzene rings is 1. The van der Waals surface area contributed by atoms with Crippen LogP contribution in [-0.2, 0) is 13.2 Å². The van der Waals surface area contributed by atoms with E-state index in [-0.39, 0.29) is 12.3 Å². The quantitative estimate of drug-likeness (QED) is 0.509. The van der Waals surface area contributed by atoms with Crippen molar-refractivity contribution in [2.24, 2.45) is 0 Å². The van der Waals surface area contributed by atoms with Gasteiger partial charge in [-0.25, -0.2) is 0 Å². The predicted molar refractivity (Wildman–Crippen MR) is 95.4 cm³/mol. The Labute approximate surface area is 152 Å². The summed E-state index contributed by atoms with van der Waals surface area (Å²) in [5, 5.41) is 8.93. The number of nitrogens with zero attached hydrogens (tertiary/aromatic N) is 3. The van der Waals surface area contributed by atoms with Gasteiger partial charge in [0, 0.05) is 23.4 Å². The number of Topliss-reactive ketones (excluding diaryl/α,β-unsaturated/α-hetero) is 1. The lowest BCUT2D eigenvalue weighted by molar-refractivity contribution is -0.683. The molecule has 0 amide bonds. The second kappa shape index (κ2) is 8.04. The topological polar surface area (TPSA) is 66.9 Å². The average Bonchev–Trinajstić information content (AvgIpc) is 2.67. The van der Waals surface area contributed by atoms with Gasteiger partial charge in [-0.3, -0.25) is 9.78 Å². The molecule has 0 aliphatic heterocycles. The molecule has 26 heavy (non-hydrogen) atoms. The lowest BCUT2D eigenvalue weighted by atomic mass is 10.1. The Morgan fingerprint density at radius 1 is 1.15 bits per heavy atom. The van der Waals surface area contributed by atoms with E-state index in [9.17, 15) is 4.79 Å². The van der Waals surface area contributed by atoms with Crippen LogP contribution in [0.2, 0.25) is 0 Å². The van der Waals surface area contributed by atoms with Crippen LogP contribution in [0.25, 0.3) is 0 Å². The van der Waals surface area contributed by atoms with Gasteiger partial charge >= 0.3 is 0 Å². The number of pyridine rings is 2. The summed E-state index contributed by atoms with van der Waals surface area (Å²) in [5.41, 5.74) is 2.84. The van der Waals surface area contributed by atoms with Crippen molar-refractivity contribution in [3.63, 3.8) is 0 Å². The van der Waals surface area contributed by atoms with Gasteiger partial charge in [0.05, 0.1) is 17.3 Å². The maximum Gasteiger partial charge on any atom is 0.227 e. The van der Waals surface area contributed by atoms with E-state index in [4.69, 9.17) is 10.00 Å². The van der Waals surface area contributed by atoms with Gasteiger partial charge < -0.3 is 4.74 Å². The van der Waals surface area contributed by atoms with Crippen molar-refractivity contribution in [3.05, 3.63) is 89.5 Å². The van der Waals surface area contributed by atoms with Gasteiger partial charge in [-0.15, -0.1) is 0 Å². The summed E-state index contributed by atoms with van der Waals surface area (Å²) in [7, 11) is 0. The van der Waals surface area contributed by atoms with Crippen LogP contribution in [0.5, 0.6) is 5.75 Å². The third-order valence-corrected chi connectivity index (χ3v) is 3.83. The lowest BCUT2D eigenvalue weighted by Crippen LogP contribution is -2.37. The van der Waals surface area contributed by atoms with E-state index in [2.05, 4.69) is 4.98 Å². The third-order valence-electron chi connectivity index (χ3n) is 3.83. The van der Waals surface area contributed by atoms with Crippen LogP contribution in [0, 0.1) is 18.3 Å². The fourth-order valence-electron chi connectivity index (χ4n) is 2.50. The van der Waals surface area contributed by atoms with Crippen LogP contribution < -0.4 is 9.30 Å². The van der Waals surface area contributed by atoms with Gasteiger partial charge in [-0.2, -0.15) is 9.83 Å². The van der Waals surface area contributed by atoms with Gasteiger partial charge in [0.1, 0.15) is 12.4 Å². The molecule has 1 aromatic carbocycles. The molecular formula is C21H18N3O2+. The molecule has 0 radical (unpaired) electrons. The fourth-order valence-corrected chi connectivity index (χ4v) is 2.50. The van der Waals surface area contributed by atoms with Crippen molar-refractivity contribution < 1.29 is 14.1 Å². The van der Waals surface area contributed by atoms with Gasteiger partial charge in [0.2, 0.25) is 12.3 Å². The first-order chi connectivity index (χ1) is 12.6. The second-order valence-corrected chi connectivity index (χ2v) is 5.88. The number of nitriles is 1. The number of ether oxygens (including phenoxy) is 1. The van der Waals surface area contributed by atoms with Crippen molar-refractivity contribution in [2.45, 2.75) is 20.1 Å². The lowest BCUT2D eigenvalue weighted by Gasteiger charge is -2.05. The second-order valence-electron chi connectivity index (χ2n) is 5.88. The molecule has 0 unspecified atom stereocenters. The molecule has 3 aromatic rings. The molecule has 0 aliphatic rings. The van der Waals surface area contributed by atoms with E-state index in [0.717, 1.165) is 11.4 Å². The number of carbonyl (C=O) groups excluding carboxylic acids is 1. The maximum absolute atomic E-state index is 12.3. The molecule has 0 fully saturated rings. The normalized spacial score (nSPS) is 10.2.